The molecule has 9 heteroatoms. The van der Waals surface area contributed by atoms with Crippen molar-refractivity contribution < 1.29 is 34.6 Å². The van der Waals surface area contributed by atoms with E-state index >= 15 is 0 Å². The minimum absolute atomic E-state index is 0.126. The van der Waals surface area contributed by atoms with Gasteiger partial charge in [-0.25, -0.2) is 4.99 Å². The van der Waals surface area contributed by atoms with Crippen LogP contribution in [0.2, 0.25) is 5.02 Å². The molecule has 1 saturated heterocycles. The van der Waals surface area contributed by atoms with Crippen molar-refractivity contribution in [2.24, 2.45) is 4.99 Å². The Bertz CT molecular complexity index is 999. The third kappa shape index (κ3) is 4.59. The number of nitrogens with zero attached hydrogens (tertiary/aromatic N) is 1. The molecule has 4 rings (SSSR count). The van der Waals surface area contributed by atoms with Crippen LogP contribution < -0.4 is 4.74 Å². The summed E-state index contributed by atoms with van der Waals surface area (Å²) in [6, 6.07) is 13.0. The van der Waals surface area contributed by atoms with Gasteiger partial charge in [0.2, 0.25) is 5.72 Å². The molecule has 2 aromatic rings. The molecule has 33 heavy (non-hydrogen) atoms. The predicted molar refractivity (Wildman–Crippen MR) is 122 cm³/mol. The molecular formula is C24H28ClNO7. The molecule has 8 nitrogen and oxygen atoms in total. The monoisotopic (exact) mass is 477 g/mol. The van der Waals surface area contributed by atoms with E-state index in [1.165, 1.54) is 0 Å². The van der Waals surface area contributed by atoms with Crippen molar-refractivity contribution in [2.75, 3.05) is 19.8 Å². The van der Waals surface area contributed by atoms with Crippen LogP contribution in [0.5, 0.6) is 5.75 Å². The number of hydrogen-bond donors (Lipinski definition) is 4. The summed E-state index contributed by atoms with van der Waals surface area (Å²) in [6.07, 6.45) is -4.17. The lowest BCUT2D eigenvalue weighted by molar-refractivity contribution is -0.262. The normalized spacial score (nSPS) is 28.7. The Morgan fingerprint density at radius 2 is 1.85 bits per heavy atom. The van der Waals surface area contributed by atoms with Crippen LogP contribution in [0.25, 0.3) is 0 Å². The second kappa shape index (κ2) is 9.97. The Morgan fingerprint density at radius 1 is 1.09 bits per heavy atom. The summed E-state index contributed by atoms with van der Waals surface area (Å²) in [5.41, 5.74) is 0.901. The van der Waals surface area contributed by atoms with Crippen LogP contribution in [0.15, 0.2) is 47.5 Å². The highest BCUT2D eigenvalue weighted by atomic mass is 35.5. The number of fused-ring (bicyclic) bond motifs is 1. The van der Waals surface area contributed by atoms with Gasteiger partial charge in [-0.1, -0.05) is 29.8 Å². The number of rotatable bonds is 8. The lowest BCUT2D eigenvalue weighted by atomic mass is 9.85. The molecule has 2 aliphatic rings. The summed E-state index contributed by atoms with van der Waals surface area (Å²) in [4.78, 5) is 4.56. The molecule has 5 atom stereocenters. The van der Waals surface area contributed by atoms with Gasteiger partial charge in [0.15, 0.2) is 12.0 Å². The first-order valence-electron chi connectivity index (χ1n) is 10.9. The first kappa shape index (κ1) is 23.9. The van der Waals surface area contributed by atoms with E-state index in [4.69, 9.17) is 25.8 Å². The van der Waals surface area contributed by atoms with Gasteiger partial charge in [0.25, 0.3) is 0 Å². The maximum atomic E-state index is 10.8. The van der Waals surface area contributed by atoms with Crippen molar-refractivity contribution in [1.29, 1.82) is 0 Å². The second-order valence-corrected chi connectivity index (χ2v) is 8.50. The zero-order valence-electron chi connectivity index (χ0n) is 18.2. The van der Waals surface area contributed by atoms with Gasteiger partial charge in [0, 0.05) is 17.0 Å². The highest BCUT2D eigenvalue weighted by Crippen LogP contribution is 2.46. The molecule has 0 radical (unpaired) electrons. The Hall–Kier alpha value is -2.20. The summed E-state index contributed by atoms with van der Waals surface area (Å²) in [6.45, 7) is 1.81. The Balaban J connectivity index is 1.71. The fourth-order valence-electron chi connectivity index (χ4n) is 4.27. The zero-order valence-corrected chi connectivity index (χ0v) is 19.0. The summed E-state index contributed by atoms with van der Waals surface area (Å²) in [5.74, 6) is 0.991. The summed E-state index contributed by atoms with van der Waals surface area (Å²) in [5, 5.41) is 40.7. The Labute approximate surface area is 197 Å². The van der Waals surface area contributed by atoms with E-state index in [1.54, 1.807) is 12.1 Å². The molecule has 178 valence electrons. The number of aliphatic hydroxyl groups is 4. The number of ether oxygens (including phenoxy) is 3. The smallest absolute Gasteiger partial charge is 0.228 e. The quantitative estimate of drug-likeness (QED) is 0.457. The van der Waals surface area contributed by atoms with Crippen molar-refractivity contribution >= 4 is 17.5 Å². The van der Waals surface area contributed by atoms with Gasteiger partial charge in [-0.05, 0) is 48.7 Å². The molecule has 2 aliphatic heterocycles. The summed E-state index contributed by atoms with van der Waals surface area (Å²) in [7, 11) is 0. The van der Waals surface area contributed by atoms with E-state index in [9.17, 15) is 20.4 Å². The van der Waals surface area contributed by atoms with E-state index in [1.807, 2.05) is 37.3 Å². The maximum absolute atomic E-state index is 10.8. The lowest BCUT2D eigenvalue weighted by Crippen LogP contribution is -2.61. The van der Waals surface area contributed by atoms with Gasteiger partial charge >= 0.3 is 0 Å². The number of hydrogen-bond acceptors (Lipinski definition) is 8. The zero-order chi connectivity index (χ0) is 23.6. The fourth-order valence-corrected chi connectivity index (χ4v) is 4.46. The van der Waals surface area contributed by atoms with Crippen LogP contribution in [-0.4, -0.2) is 70.6 Å². The summed E-state index contributed by atoms with van der Waals surface area (Å²) >= 11 is 6.50. The SMILES string of the molecule is CCOc1ccc(Cc2cc(C34N=C(CCO)OC3[C@@H](O)[C@H](O)[C@@H](CO)O4)ccc2Cl)cc1. The third-order valence-corrected chi connectivity index (χ3v) is 6.27. The van der Waals surface area contributed by atoms with Gasteiger partial charge < -0.3 is 34.6 Å². The van der Waals surface area contributed by atoms with Crippen molar-refractivity contribution in [1.82, 2.24) is 0 Å². The van der Waals surface area contributed by atoms with Gasteiger partial charge in [-0.15, -0.1) is 0 Å². The Morgan fingerprint density at radius 3 is 2.52 bits per heavy atom. The molecule has 0 saturated carbocycles. The molecule has 2 unspecified atom stereocenters. The van der Waals surface area contributed by atoms with Crippen LogP contribution in [0.3, 0.4) is 0 Å². The largest absolute Gasteiger partial charge is 0.494 e. The van der Waals surface area contributed by atoms with Gasteiger partial charge in [-0.3, -0.25) is 0 Å². The molecule has 0 aromatic heterocycles. The molecule has 1 fully saturated rings. The standard InChI is InChI=1S/C24H28ClNO7/c1-2-31-17-6-3-14(4-7-17)11-15-12-16(5-8-18(15)25)24-23(32-20(26-24)9-10-27)22(30)21(29)19(13-28)33-24/h3-8,12,19,21-23,27-30H,2,9-11,13H2,1H3/t19-,21-,22+,23?,24?/m1/s1. The maximum Gasteiger partial charge on any atom is 0.228 e. The van der Waals surface area contributed by atoms with Gasteiger partial charge in [0.05, 0.1) is 19.8 Å². The van der Waals surface area contributed by atoms with Crippen LogP contribution in [0.4, 0.5) is 0 Å². The minimum atomic E-state index is -1.49. The molecule has 0 amide bonds. The molecule has 2 heterocycles. The molecule has 2 aromatic carbocycles. The first-order chi connectivity index (χ1) is 15.9. The van der Waals surface area contributed by atoms with Crippen LogP contribution >= 0.6 is 11.6 Å². The van der Waals surface area contributed by atoms with Gasteiger partial charge in [-0.2, -0.15) is 0 Å². The Kier molecular flexibility index (Phi) is 7.23. The average Bonchev–Trinajstić information content (AvgIpc) is 3.19. The topological polar surface area (TPSA) is 121 Å². The van der Waals surface area contributed by atoms with Crippen LogP contribution in [0, 0.1) is 0 Å². The van der Waals surface area contributed by atoms with Crippen molar-refractivity contribution in [2.45, 2.75) is 49.9 Å². The number of halogens is 1. The van der Waals surface area contributed by atoms with E-state index < -0.39 is 36.7 Å². The minimum Gasteiger partial charge on any atom is -0.494 e. The van der Waals surface area contributed by atoms with Crippen molar-refractivity contribution in [3.05, 3.63) is 64.2 Å². The van der Waals surface area contributed by atoms with E-state index in [0.29, 0.717) is 23.6 Å². The van der Waals surface area contributed by atoms with Gasteiger partial charge in [0.1, 0.15) is 24.1 Å². The van der Waals surface area contributed by atoms with Crippen molar-refractivity contribution in [3.63, 3.8) is 0 Å². The highest BCUT2D eigenvalue weighted by Gasteiger charge is 2.60. The third-order valence-electron chi connectivity index (χ3n) is 5.91. The predicted octanol–water partition coefficient (Wildman–Crippen LogP) is 1.77. The van der Waals surface area contributed by atoms with E-state index in [2.05, 4.69) is 4.99 Å². The average molecular weight is 478 g/mol. The van der Waals surface area contributed by atoms with Crippen molar-refractivity contribution in [3.8, 4) is 5.75 Å². The molecule has 4 N–H and O–H groups in total. The first-order valence-corrected chi connectivity index (χ1v) is 11.3. The van der Waals surface area contributed by atoms with E-state index in [0.717, 1.165) is 16.9 Å². The highest BCUT2D eigenvalue weighted by molar-refractivity contribution is 6.31. The lowest BCUT2D eigenvalue weighted by Gasteiger charge is -2.44. The number of benzene rings is 2. The molecular weight excluding hydrogens is 450 g/mol. The van der Waals surface area contributed by atoms with Crippen LogP contribution in [-0.2, 0) is 21.6 Å². The molecule has 0 spiro atoms. The molecule has 0 aliphatic carbocycles. The van der Waals surface area contributed by atoms with Crippen LogP contribution in [0.1, 0.15) is 30.0 Å². The number of aliphatic hydroxyl groups excluding tert-OH is 4. The van der Waals surface area contributed by atoms with E-state index in [-0.39, 0.29) is 18.9 Å². The fraction of sp³-hybridized carbons (Fsp3) is 0.458. The second-order valence-electron chi connectivity index (χ2n) is 8.09. The number of aliphatic imine (C=N–C) groups is 1. The summed E-state index contributed by atoms with van der Waals surface area (Å²) < 4.78 is 17.4. The molecule has 0 bridgehead atoms.